The van der Waals surface area contributed by atoms with Crippen molar-refractivity contribution in [3.8, 4) is 0 Å². The fourth-order valence-electron chi connectivity index (χ4n) is 1.57. The average Bonchev–Trinajstić information content (AvgIpc) is 2.28. The smallest absolute Gasteiger partial charge is 0.133 e. The Morgan fingerprint density at radius 3 is 2.62 bits per heavy atom. The molecule has 1 unspecified atom stereocenters. The van der Waals surface area contributed by atoms with Gasteiger partial charge in [-0.2, -0.15) is 0 Å². The molecule has 0 bridgehead atoms. The maximum absolute atomic E-state index is 5.97. The predicted octanol–water partition coefficient (Wildman–Crippen LogP) is 2.73. The molecule has 0 fully saturated rings. The summed E-state index contributed by atoms with van der Waals surface area (Å²) in [5.41, 5.74) is 7.17. The SMILES string of the molecule is CCC(C)(C)N(C)c1ncccc1C(C)N. The summed E-state index contributed by atoms with van der Waals surface area (Å²) in [7, 11) is 2.08. The maximum Gasteiger partial charge on any atom is 0.133 e. The number of aromatic nitrogens is 1. The lowest BCUT2D eigenvalue weighted by atomic mass is 9.98. The van der Waals surface area contributed by atoms with Crippen molar-refractivity contribution in [2.45, 2.75) is 45.7 Å². The Labute approximate surface area is 98.7 Å². The van der Waals surface area contributed by atoms with Crippen LogP contribution >= 0.6 is 0 Å². The number of nitrogens with zero attached hydrogens (tertiary/aromatic N) is 2. The van der Waals surface area contributed by atoms with Gasteiger partial charge in [0.2, 0.25) is 0 Å². The van der Waals surface area contributed by atoms with Crippen molar-refractivity contribution >= 4 is 5.82 Å². The van der Waals surface area contributed by atoms with Gasteiger partial charge >= 0.3 is 0 Å². The summed E-state index contributed by atoms with van der Waals surface area (Å²) in [6, 6.07) is 4.00. The highest BCUT2D eigenvalue weighted by Gasteiger charge is 2.24. The molecule has 16 heavy (non-hydrogen) atoms. The van der Waals surface area contributed by atoms with E-state index in [4.69, 9.17) is 5.73 Å². The molecule has 0 saturated carbocycles. The van der Waals surface area contributed by atoms with Crippen LogP contribution in [-0.4, -0.2) is 17.6 Å². The molecule has 0 saturated heterocycles. The van der Waals surface area contributed by atoms with Crippen LogP contribution in [0, 0.1) is 0 Å². The molecule has 0 radical (unpaired) electrons. The van der Waals surface area contributed by atoms with Crippen LogP contribution in [0.4, 0.5) is 5.82 Å². The third-order valence-electron chi connectivity index (χ3n) is 3.40. The van der Waals surface area contributed by atoms with Crippen LogP contribution in [-0.2, 0) is 0 Å². The molecule has 1 heterocycles. The zero-order valence-corrected chi connectivity index (χ0v) is 11.0. The molecular weight excluding hydrogens is 198 g/mol. The van der Waals surface area contributed by atoms with E-state index >= 15 is 0 Å². The average molecular weight is 221 g/mol. The van der Waals surface area contributed by atoms with E-state index < -0.39 is 0 Å². The van der Waals surface area contributed by atoms with Gasteiger partial charge in [-0.25, -0.2) is 4.98 Å². The second kappa shape index (κ2) is 4.83. The first-order valence-corrected chi connectivity index (χ1v) is 5.84. The summed E-state index contributed by atoms with van der Waals surface area (Å²) < 4.78 is 0. The summed E-state index contributed by atoms with van der Waals surface area (Å²) in [6.45, 7) is 8.61. The lowest BCUT2D eigenvalue weighted by molar-refractivity contribution is 0.465. The molecule has 0 aliphatic rings. The van der Waals surface area contributed by atoms with E-state index in [0.29, 0.717) is 0 Å². The first-order chi connectivity index (χ1) is 7.40. The number of rotatable bonds is 4. The first kappa shape index (κ1) is 13.0. The molecule has 1 atom stereocenters. The minimum absolute atomic E-state index is 0.0128. The Bertz CT molecular complexity index is 345. The molecule has 1 aromatic rings. The van der Waals surface area contributed by atoms with Crippen LogP contribution in [0.1, 0.15) is 45.7 Å². The van der Waals surface area contributed by atoms with Gasteiger partial charge in [0.25, 0.3) is 0 Å². The van der Waals surface area contributed by atoms with Gasteiger partial charge in [0.15, 0.2) is 0 Å². The normalized spacial score (nSPS) is 13.6. The summed E-state index contributed by atoms with van der Waals surface area (Å²) in [4.78, 5) is 6.67. The Hall–Kier alpha value is -1.09. The van der Waals surface area contributed by atoms with Crippen LogP contribution < -0.4 is 10.6 Å². The van der Waals surface area contributed by atoms with Crippen LogP contribution in [0.25, 0.3) is 0 Å². The van der Waals surface area contributed by atoms with Gasteiger partial charge in [-0.3, -0.25) is 0 Å². The van der Waals surface area contributed by atoms with Crippen molar-refractivity contribution in [1.29, 1.82) is 0 Å². The monoisotopic (exact) mass is 221 g/mol. The molecule has 90 valence electrons. The van der Waals surface area contributed by atoms with E-state index in [-0.39, 0.29) is 11.6 Å². The van der Waals surface area contributed by atoms with E-state index in [1.54, 1.807) is 0 Å². The van der Waals surface area contributed by atoms with Gasteiger partial charge in [0.05, 0.1) is 0 Å². The van der Waals surface area contributed by atoms with Gasteiger partial charge in [0, 0.05) is 30.4 Å². The molecular formula is C13H23N3. The number of hydrogen-bond donors (Lipinski definition) is 1. The minimum Gasteiger partial charge on any atom is -0.354 e. The topological polar surface area (TPSA) is 42.2 Å². The molecule has 0 aromatic carbocycles. The van der Waals surface area contributed by atoms with Crippen molar-refractivity contribution < 1.29 is 0 Å². The fraction of sp³-hybridized carbons (Fsp3) is 0.615. The summed E-state index contributed by atoms with van der Waals surface area (Å²) in [5, 5.41) is 0. The summed E-state index contributed by atoms with van der Waals surface area (Å²) >= 11 is 0. The Kier molecular flexibility index (Phi) is 3.92. The predicted molar refractivity (Wildman–Crippen MR) is 69.6 cm³/mol. The van der Waals surface area contributed by atoms with Gasteiger partial charge < -0.3 is 10.6 Å². The molecule has 0 amide bonds. The van der Waals surface area contributed by atoms with Gasteiger partial charge in [-0.15, -0.1) is 0 Å². The number of anilines is 1. The Morgan fingerprint density at radius 2 is 2.12 bits per heavy atom. The lowest BCUT2D eigenvalue weighted by Crippen LogP contribution is -2.41. The molecule has 0 aliphatic heterocycles. The first-order valence-electron chi connectivity index (χ1n) is 5.84. The lowest BCUT2D eigenvalue weighted by Gasteiger charge is -2.37. The molecule has 0 spiro atoms. The highest BCUT2D eigenvalue weighted by atomic mass is 15.2. The second-order valence-corrected chi connectivity index (χ2v) is 4.93. The van der Waals surface area contributed by atoms with Gasteiger partial charge in [-0.1, -0.05) is 13.0 Å². The standard InChI is InChI=1S/C13H23N3/c1-6-13(3,4)16(5)12-11(10(2)14)8-7-9-15-12/h7-10H,6,14H2,1-5H3. The molecule has 1 rings (SSSR count). The van der Waals surface area contributed by atoms with E-state index in [0.717, 1.165) is 17.8 Å². The highest BCUT2D eigenvalue weighted by molar-refractivity contribution is 5.49. The van der Waals surface area contributed by atoms with Crippen molar-refractivity contribution in [3.63, 3.8) is 0 Å². The van der Waals surface area contributed by atoms with Gasteiger partial charge in [0.1, 0.15) is 5.82 Å². The maximum atomic E-state index is 5.97. The zero-order chi connectivity index (χ0) is 12.3. The van der Waals surface area contributed by atoms with Crippen LogP contribution in [0.2, 0.25) is 0 Å². The summed E-state index contributed by atoms with van der Waals surface area (Å²) in [5.74, 6) is 0.990. The summed E-state index contributed by atoms with van der Waals surface area (Å²) in [6.07, 6.45) is 2.89. The Morgan fingerprint density at radius 1 is 1.50 bits per heavy atom. The second-order valence-electron chi connectivity index (χ2n) is 4.93. The fourth-order valence-corrected chi connectivity index (χ4v) is 1.57. The van der Waals surface area contributed by atoms with Crippen molar-refractivity contribution in [2.75, 3.05) is 11.9 Å². The van der Waals surface area contributed by atoms with Crippen LogP contribution in [0.3, 0.4) is 0 Å². The highest BCUT2D eigenvalue weighted by Crippen LogP contribution is 2.28. The molecule has 2 N–H and O–H groups in total. The van der Waals surface area contributed by atoms with E-state index in [1.165, 1.54) is 0 Å². The zero-order valence-electron chi connectivity index (χ0n) is 11.0. The van der Waals surface area contributed by atoms with Crippen LogP contribution in [0.5, 0.6) is 0 Å². The Balaban J connectivity index is 3.13. The van der Waals surface area contributed by atoms with Gasteiger partial charge in [-0.05, 0) is 33.3 Å². The number of pyridine rings is 1. The largest absolute Gasteiger partial charge is 0.354 e. The molecule has 3 nitrogen and oxygen atoms in total. The van der Waals surface area contributed by atoms with Crippen molar-refractivity contribution in [1.82, 2.24) is 4.98 Å². The van der Waals surface area contributed by atoms with Crippen molar-refractivity contribution in [2.24, 2.45) is 5.73 Å². The van der Waals surface area contributed by atoms with Crippen LogP contribution in [0.15, 0.2) is 18.3 Å². The number of hydrogen-bond acceptors (Lipinski definition) is 3. The van der Waals surface area contributed by atoms with Crippen molar-refractivity contribution in [3.05, 3.63) is 23.9 Å². The third-order valence-corrected chi connectivity index (χ3v) is 3.40. The molecule has 0 aliphatic carbocycles. The number of nitrogens with two attached hydrogens (primary N) is 1. The quantitative estimate of drug-likeness (QED) is 0.850. The third kappa shape index (κ3) is 2.53. The molecule has 1 aromatic heterocycles. The van der Waals surface area contributed by atoms with E-state index in [1.807, 2.05) is 19.2 Å². The van der Waals surface area contributed by atoms with E-state index in [9.17, 15) is 0 Å². The molecule has 3 heteroatoms. The minimum atomic E-state index is 0.0128. The van der Waals surface area contributed by atoms with E-state index in [2.05, 4.69) is 43.8 Å².